The molecule has 0 aliphatic carbocycles. The Hall–Kier alpha value is -1.10. The van der Waals surface area contributed by atoms with E-state index in [9.17, 15) is 9.59 Å². The molecule has 0 radical (unpaired) electrons. The lowest BCUT2D eigenvalue weighted by atomic mass is 9.99. The fraction of sp³-hybridized carbons (Fsp3) is 0.833. The summed E-state index contributed by atoms with van der Waals surface area (Å²) in [4.78, 5) is 24.4. The maximum atomic E-state index is 11.9. The predicted molar refractivity (Wildman–Crippen MR) is 66.3 cm³/mol. The SMILES string of the molecule is CC[C@H](C)[C@H](N)C(=O)N(C)CCCC(=O)OC. The summed E-state index contributed by atoms with van der Waals surface area (Å²) in [5.74, 6) is -0.146. The van der Waals surface area contributed by atoms with Crippen molar-refractivity contribution < 1.29 is 14.3 Å². The minimum atomic E-state index is -0.455. The highest BCUT2D eigenvalue weighted by Gasteiger charge is 2.22. The van der Waals surface area contributed by atoms with Crippen LogP contribution in [0.5, 0.6) is 0 Å². The standard InChI is InChI=1S/C12H24N2O3/c1-5-9(2)11(13)12(16)14(3)8-6-7-10(15)17-4/h9,11H,5-8,13H2,1-4H3/t9-,11-/m0/s1. The second-order valence-electron chi connectivity index (χ2n) is 4.35. The number of methoxy groups -OCH3 is 1. The number of hydrogen-bond acceptors (Lipinski definition) is 4. The lowest BCUT2D eigenvalue weighted by Crippen LogP contribution is -2.45. The van der Waals surface area contributed by atoms with Gasteiger partial charge in [0.25, 0.3) is 0 Å². The Kier molecular flexibility index (Phi) is 7.54. The fourth-order valence-electron chi connectivity index (χ4n) is 1.42. The van der Waals surface area contributed by atoms with Crippen molar-refractivity contribution in [1.82, 2.24) is 4.90 Å². The molecule has 0 rings (SSSR count). The molecule has 0 unspecified atom stereocenters. The maximum Gasteiger partial charge on any atom is 0.305 e. The number of likely N-dealkylation sites (N-methyl/N-ethyl adjacent to an activating group) is 1. The van der Waals surface area contributed by atoms with Crippen LogP contribution in [0.4, 0.5) is 0 Å². The highest BCUT2D eigenvalue weighted by molar-refractivity contribution is 5.81. The van der Waals surface area contributed by atoms with Gasteiger partial charge in [0.1, 0.15) is 0 Å². The molecule has 0 saturated heterocycles. The molecule has 100 valence electrons. The Balaban J connectivity index is 4.01. The second-order valence-corrected chi connectivity index (χ2v) is 4.35. The van der Waals surface area contributed by atoms with Crippen LogP contribution in [0, 0.1) is 5.92 Å². The molecule has 0 aromatic heterocycles. The van der Waals surface area contributed by atoms with Crippen LogP contribution in [0.2, 0.25) is 0 Å². The molecule has 0 saturated carbocycles. The van der Waals surface area contributed by atoms with E-state index in [0.717, 1.165) is 6.42 Å². The van der Waals surface area contributed by atoms with E-state index < -0.39 is 6.04 Å². The predicted octanol–water partition coefficient (Wildman–Crippen LogP) is 0.771. The zero-order chi connectivity index (χ0) is 13.4. The molecule has 0 heterocycles. The summed E-state index contributed by atoms with van der Waals surface area (Å²) in [5.41, 5.74) is 5.85. The maximum absolute atomic E-state index is 11.9. The van der Waals surface area contributed by atoms with Crippen molar-refractivity contribution in [3.8, 4) is 0 Å². The smallest absolute Gasteiger partial charge is 0.305 e. The average Bonchev–Trinajstić information content (AvgIpc) is 2.35. The van der Waals surface area contributed by atoms with Crippen molar-refractivity contribution >= 4 is 11.9 Å². The molecular weight excluding hydrogens is 220 g/mol. The lowest BCUT2D eigenvalue weighted by molar-refractivity contribution is -0.141. The van der Waals surface area contributed by atoms with Crippen LogP contribution in [0.1, 0.15) is 33.1 Å². The van der Waals surface area contributed by atoms with Crippen molar-refractivity contribution in [2.45, 2.75) is 39.2 Å². The molecule has 2 N–H and O–H groups in total. The Morgan fingerprint density at radius 3 is 2.47 bits per heavy atom. The van der Waals surface area contributed by atoms with E-state index >= 15 is 0 Å². The van der Waals surface area contributed by atoms with Gasteiger partial charge in [-0.25, -0.2) is 0 Å². The fourth-order valence-corrected chi connectivity index (χ4v) is 1.42. The van der Waals surface area contributed by atoms with E-state index in [-0.39, 0.29) is 17.8 Å². The van der Waals surface area contributed by atoms with Gasteiger partial charge < -0.3 is 15.4 Å². The Morgan fingerprint density at radius 2 is 2.00 bits per heavy atom. The molecule has 0 aliphatic heterocycles. The van der Waals surface area contributed by atoms with Crippen LogP contribution < -0.4 is 5.73 Å². The summed E-state index contributed by atoms with van der Waals surface area (Å²) in [6.07, 6.45) is 1.80. The van der Waals surface area contributed by atoms with E-state index in [0.29, 0.717) is 19.4 Å². The lowest BCUT2D eigenvalue weighted by Gasteiger charge is -2.24. The molecule has 17 heavy (non-hydrogen) atoms. The van der Waals surface area contributed by atoms with Gasteiger partial charge in [0.2, 0.25) is 5.91 Å². The first-order chi connectivity index (χ1) is 7.93. The quantitative estimate of drug-likeness (QED) is 0.671. The van der Waals surface area contributed by atoms with Crippen molar-refractivity contribution in [2.75, 3.05) is 20.7 Å². The number of amides is 1. The molecule has 0 aromatic rings. The Morgan fingerprint density at radius 1 is 1.41 bits per heavy atom. The largest absolute Gasteiger partial charge is 0.469 e. The van der Waals surface area contributed by atoms with Crippen LogP contribution in [-0.2, 0) is 14.3 Å². The number of esters is 1. The molecule has 0 bridgehead atoms. The molecule has 5 nitrogen and oxygen atoms in total. The summed E-state index contributed by atoms with van der Waals surface area (Å²) in [5, 5.41) is 0. The minimum Gasteiger partial charge on any atom is -0.469 e. The molecule has 0 aromatic carbocycles. The number of hydrogen-bond donors (Lipinski definition) is 1. The van der Waals surface area contributed by atoms with Gasteiger partial charge >= 0.3 is 5.97 Å². The van der Waals surface area contributed by atoms with Gasteiger partial charge in [0.05, 0.1) is 13.2 Å². The molecule has 0 spiro atoms. The molecule has 2 atom stereocenters. The number of ether oxygens (including phenoxy) is 1. The third-order valence-electron chi connectivity index (χ3n) is 3.02. The zero-order valence-corrected chi connectivity index (χ0v) is 11.2. The topological polar surface area (TPSA) is 72.6 Å². The van der Waals surface area contributed by atoms with Crippen LogP contribution in [0.15, 0.2) is 0 Å². The van der Waals surface area contributed by atoms with Gasteiger partial charge in [-0.3, -0.25) is 9.59 Å². The third kappa shape index (κ3) is 5.68. The van der Waals surface area contributed by atoms with Crippen molar-refractivity contribution in [3.05, 3.63) is 0 Å². The summed E-state index contributed by atoms with van der Waals surface area (Å²) < 4.78 is 4.53. The van der Waals surface area contributed by atoms with Crippen molar-refractivity contribution in [1.29, 1.82) is 0 Å². The Labute approximate surface area is 103 Å². The van der Waals surface area contributed by atoms with E-state index in [1.165, 1.54) is 7.11 Å². The van der Waals surface area contributed by atoms with Gasteiger partial charge in [-0.05, 0) is 12.3 Å². The molecule has 5 heteroatoms. The summed E-state index contributed by atoms with van der Waals surface area (Å²) >= 11 is 0. The highest BCUT2D eigenvalue weighted by atomic mass is 16.5. The Bertz CT molecular complexity index is 256. The normalized spacial score (nSPS) is 13.9. The monoisotopic (exact) mass is 244 g/mol. The number of carbonyl (C=O) groups is 2. The van der Waals surface area contributed by atoms with Crippen LogP contribution in [-0.4, -0.2) is 43.5 Å². The summed E-state index contributed by atoms with van der Waals surface area (Å²) in [7, 11) is 3.07. The molecule has 1 amide bonds. The number of carbonyl (C=O) groups excluding carboxylic acids is 2. The second kappa shape index (κ2) is 8.06. The average molecular weight is 244 g/mol. The molecule has 0 aliphatic rings. The zero-order valence-electron chi connectivity index (χ0n) is 11.2. The first-order valence-corrected chi connectivity index (χ1v) is 6.01. The van der Waals surface area contributed by atoms with Gasteiger partial charge in [-0.1, -0.05) is 20.3 Å². The van der Waals surface area contributed by atoms with Gasteiger partial charge in [-0.2, -0.15) is 0 Å². The highest BCUT2D eigenvalue weighted by Crippen LogP contribution is 2.08. The van der Waals surface area contributed by atoms with E-state index in [1.807, 2.05) is 13.8 Å². The number of nitrogens with zero attached hydrogens (tertiary/aromatic N) is 1. The van der Waals surface area contributed by atoms with Crippen LogP contribution >= 0.6 is 0 Å². The molecular formula is C12H24N2O3. The molecule has 0 fully saturated rings. The van der Waals surface area contributed by atoms with E-state index in [1.54, 1.807) is 11.9 Å². The van der Waals surface area contributed by atoms with Crippen LogP contribution in [0.25, 0.3) is 0 Å². The number of rotatable bonds is 7. The minimum absolute atomic E-state index is 0.0655. The van der Waals surface area contributed by atoms with Crippen molar-refractivity contribution in [3.63, 3.8) is 0 Å². The van der Waals surface area contributed by atoms with E-state index in [4.69, 9.17) is 5.73 Å². The number of nitrogens with two attached hydrogens (primary N) is 1. The third-order valence-corrected chi connectivity index (χ3v) is 3.02. The summed E-state index contributed by atoms with van der Waals surface area (Å²) in [6.45, 7) is 4.50. The first kappa shape index (κ1) is 15.9. The van der Waals surface area contributed by atoms with E-state index in [2.05, 4.69) is 4.74 Å². The van der Waals surface area contributed by atoms with Gasteiger partial charge in [-0.15, -0.1) is 0 Å². The van der Waals surface area contributed by atoms with Gasteiger partial charge in [0, 0.05) is 20.0 Å². The van der Waals surface area contributed by atoms with Crippen LogP contribution in [0.3, 0.4) is 0 Å². The van der Waals surface area contributed by atoms with Crippen molar-refractivity contribution in [2.24, 2.45) is 11.7 Å². The first-order valence-electron chi connectivity index (χ1n) is 6.01. The van der Waals surface area contributed by atoms with Gasteiger partial charge in [0.15, 0.2) is 0 Å². The summed E-state index contributed by atoms with van der Waals surface area (Å²) in [6, 6.07) is -0.455.